The molecule has 2 rings (SSSR count). The number of hydrogen-bond acceptors (Lipinski definition) is 7. The molecule has 0 saturated carbocycles. The van der Waals surface area contributed by atoms with Crippen molar-refractivity contribution < 1.29 is 27.3 Å². The Labute approximate surface area is 161 Å². The van der Waals surface area contributed by atoms with Gasteiger partial charge in [-0.25, -0.2) is 8.42 Å². The van der Waals surface area contributed by atoms with Crippen LogP contribution in [0.25, 0.3) is 0 Å². The fourth-order valence-electron chi connectivity index (χ4n) is 2.15. The van der Waals surface area contributed by atoms with Crippen LogP contribution in [0.1, 0.15) is 18.4 Å². The highest BCUT2D eigenvalue weighted by Crippen LogP contribution is 2.18. The summed E-state index contributed by atoms with van der Waals surface area (Å²) >= 11 is 5.76. The van der Waals surface area contributed by atoms with Crippen molar-refractivity contribution in [2.45, 2.75) is 31.8 Å². The number of carbonyl (C=O) groups excluding carboxylic acids is 2. The van der Waals surface area contributed by atoms with Crippen LogP contribution in [0.5, 0.6) is 0 Å². The van der Waals surface area contributed by atoms with E-state index in [1.807, 2.05) is 0 Å². The molecule has 9 nitrogen and oxygen atoms in total. The summed E-state index contributed by atoms with van der Waals surface area (Å²) in [7, 11) is -4.00. The Morgan fingerprint density at radius 3 is 2.44 bits per heavy atom. The van der Waals surface area contributed by atoms with Crippen molar-refractivity contribution in [3.8, 4) is 0 Å². The number of halogens is 1. The van der Waals surface area contributed by atoms with E-state index in [9.17, 15) is 18.0 Å². The third-order valence-corrected chi connectivity index (χ3v) is 5.33. The van der Waals surface area contributed by atoms with E-state index in [0.29, 0.717) is 10.7 Å². The maximum atomic E-state index is 12.2. The van der Waals surface area contributed by atoms with Crippen molar-refractivity contribution in [1.29, 1.82) is 0 Å². The van der Waals surface area contributed by atoms with Gasteiger partial charge in [-0.05, 0) is 45.0 Å². The fourth-order valence-corrected chi connectivity index (χ4v) is 3.57. The summed E-state index contributed by atoms with van der Waals surface area (Å²) in [6, 6.07) is 6.37. The largest absolute Gasteiger partial charge is 0.452 e. The first-order valence-corrected chi connectivity index (χ1v) is 9.64. The molecule has 2 N–H and O–H groups in total. The molecule has 1 heterocycles. The summed E-state index contributed by atoms with van der Waals surface area (Å²) in [5.74, 6) is -1.38. The van der Waals surface area contributed by atoms with Gasteiger partial charge in [0, 0.05) is 10.7 Å². The Morgan fingerprint density at radius 2 is 1.89 bits per heavy atom. The van der Waals surface area contributed by atoms with Crippen molar-refractivity contribution in [2.24, 2.45) is 0 Å². The van der Waals surface area contributed by atoms with Gasteiger partial charge in [-0.15, -0.1) is 0 Å². The minimum atomic E-state index is -4.00. The van der Waals surface area contributed by atoms with E-state index in [4.69, 9.17) is 20.9 Å². The molecule has 0 saturated heterocycles. The molecule has 0 spiro atoms. The smallest absolute Gasteiger partial charge is 0.321 e. The van der Waals surface area contributed by atoms with E-state index >= 15 is 0 Å². The number of aryl methyl sites for hydroxylation is 2. The first kappa shape index (κ1) is 20.9. The van der Waals surface area contributed by atoms with Crippen LogP contribution in [0.4, 0.5) is 5.69 Å². The number of ether oxygens (including phenoxy) is 1. The molecule has 146 valence electrons. The second-order valence-corrected chi connectivity index (χ2v) is 7.75. The Balaban J connectivity index is 1.89. The summed E-state index contributed by atoms with van der Waals surface area (Å²) in [5.41, 5.74) is 0.649. The van der Waals surface area contributed by atoms with Gasteiger partial charge >= 0.3 is 5.97 Å². The van der Waals surface area contributed by atoms with Crippen LogP contribution in [0.2, 0.25) is 5.02 Å². The molecule has 11 heteroatoms. The van der Waals surface area contributed by atoms with Crippen molar-refractivity contribution in [1.82, 2.24) is 9.88 Å². The van der Waals surface area contributed by atoms with E-state index in [1.165, 1.54) is 20.8 Å². The fraction of sp³-hybridized carbons (Fsp3) is 0.312. The lowest BCUT2D eigenvalue weighted by Gasteiger charge is -2.14. The van der Waals surface area contributed by atoms with Gasteiger partial charge in [0.05, 0.1) is 0 Å². The lowest BCUT2D eigenvalue weighted by atomic mass is 10.3. The Hall–Kier alpha value is -2.43. The van der Waals surface area contributed by atoms with Gasteiger partial charge in [0.2, 0.25) is 10.0 Å². The van der Waals surface area contributed by atoms with E-state index in [2.05, 4.69) is 15.2 Å². The topological polar surface area (TPSA) is 128 Å². The summed E-state index contributed by atoms with van der Waals surface area (Å²) < 4.78 is 36.3. The maximum absolute atomic E-state index is 12.2. The van der Waals surface area contributed by atoms with Crippen LogP contribution in [-0.2, 0) is 24.3 Å². The SMILES string of the molecule is Cc1noc(C)c1S(=O)(=O)NCC(=O)O[C@H](C)C(=O)Nc1ccc(Cl)cc1. The number of carbonyl (C=O) groups is 2. The maximum Gasteiger partial charge on any atom is 0.321 e. The van der Waals surface area contributed by atoms with Gasteiger partial charge in [-0.3, -0.25) is 9.59 Å². The summed E-state index contributed by atoms with van der Waals surface area (Å²) in [6.45, 7) is 3.62. The van der Waals surface area contributed by atoms with Crippen molar-refractivity contribution in [2.75, 3.05) is 11.9 Å². The molecule has 1 aromatic carbocycles. The van der Waals surface area contributed by atoms with E-state index < -0.39 is 34.5 Å². The number of aromatic nitrogens is 1. The second-order valence-electron chi connectivity index (χ2n) is 5.61. The lowest BCUT2D eigenvalue weighted by molar-refractivity contribution is -0.151. The molecular formula is C16H18ClN3O6S. The van der Waals surface area contributed by atoms with Gasteiger partial charge in [0.1, 0.15) is 17.1 Å². The van der Waals surface area contributed by atoms with Gasteiger partial charge in [0.25, 0.3) is 5.91 Å². The normalized spacial score (nSPS) is 12.4. The average Bonchev–Trinajstić information content (AvgIpc) is 2.94. The molecule has 0 bridgehead atoms. The number of amides is 1. The molecule has 0 aliphatic carbocycles. The zero-order valence-electron chi connectivity index (χ0n) is 14.8. The van der Waals surface area contributed by atoms with Crippen molar-refractivity contribution in [3.63, 3.8) is 0 Å². The number of sulfonamides is 1. The molecule has 0 unspecified atom stereocenters. The minimum absolute atomic E-state index is 0.101. The molecular weight excluding hydrogens is 398 g/mol. The standard InChI is InChI=1S/C16H18ClN3O6S/c1-9-15(10(2)26-20-9)27(23,24)18-8-14(21)25-11(3)16(22)19-13-6-4-12(17)5-7-13/h4-7,11,18H,8H2,1-3H3,(H,19,22)/t11-/m1/s1. The number of hydrogen-bond donors (Lipinski definition) is 2. The quantitative estimate of drug-likeness (QED) is 0.659. The predicted molar refractivity (Wildman–Crippen MR) is 96.8 cm³/mol. The Bertz CT molecular complexity index is 920. The number of rotatable bonds is 7. The molecule has 1 atom stereocenters. The number of anilines is 1. The zero-order chi connectivity index (χ0) is 20.2. The average molecular weight is 416 g/mol. The summed E-state index contributed by atoms with van der Waals surface area (Å²) in [4.78, 5) is 23.7. The van der Waals surface area contributed by atoms with Gasteiger partial charge < -0.3 is 14.6 Å². The third-order valence-electron chi connectivity index (χ3n) is 3.43. The van der Waals surface area contributed by atoms with Gasteiger partial charge in [-0.1, -0.05) is 16.8 Å². The third kappa shape index (κ3) is 5.52. The van der Waals surface area contributed by atoms with Crippen LogP contribution in [-0.4, -0.2) is 38.1 Å². The molecule has 0 fully saturated rings. The van der Waals surface area contributed by atoms with Gasteiger partial charge in [0.15, 0.2) is 11.9 Å². The molecule has 0 aliphatic heterocycles. The molecule has 1 aromatic heterocycles. The minimum Gasteiger partial charge on any atom is -0.452 e. The molecule has 0 aliphatic rings. The number of nitrogens with zero attached hydrogens (tertiary/aromatic N) is 1. The summed E-state index contributed by atoms with van der Waals surface area (Å²) in [6.07, 6.45) is -1.13. The number of esters is 1. The monoisotopic (exact) mass is 415 g/mol. The lowest BCUT2D eigenvalue weighted by Crippen LogP contribution is -2.36. The van der Waals surface area contributed by atoms with E-state index in [0.717, 1.165) is 0 Å². The van der Waals surface area contributed by atoms with Crippen LogP contribution < -0.4 is 10.0 Å². The van der Waals surface area contributed by atoms with Crippen molar-refractivity contribution in [3.05, 3.63) is 40.7 Å². The Kier molecular flexibility index (Phi) is 6.58. The molecule has 0 radical (unpaired) electrons. The second kappa shape index (κ2) is 8.51. The molecule has 27 heavy (non-hydrogen) atoms. The van der Waals surface area contributed by atoms with E-state index in [1.54, 1.807) is 24.3 Å². The number of benzene rings is 1. The zero-order valence-corrected chi connectivity index (χ0v) is 16.3. The van der Waals surface area contributed by atoms with Crippen LogP contribution in [0.3, 0.4) is 0 Å². The first-order valence-electron chi connectivity index (χ1n) is 7.78. The molecule has 2 aromatic rings. The first-order chi connectivity index (χ1) is 12.6. The highest BCUT2D eigenvalue weighted by atomic mass is 35.5. The Morgan fingerprint density at radius 1 is 1.26 bits per heavy atom. The van der Waals surface area contributed by atoms with Gasteiger partial charge in [-0.2, -0.15) is 4.72 Å². The predicted octanol–water partition coefficient (Wildman–Crippen LogP) is 1.79. The highest BCUT2D eigenvalue weighted by Gasteiger charge is 2.26. The van der Waals surface area contributed by atoms with Crippen LogP contribution in [0.15, 0.2) is 33.7 Å². The highest BCUT2D eigenvalue weighted by molar-refractivity contribution is 7.89. The van der Waals surface area contributed by atoms with Crippen LogP contribution >= 0.6 is 11.6 Å². The summed E-state index contributed by atoms with van der Waals surface area (Å²) in [5, 5.41) is 6.62. The number of nitrogens with one attached hydrogen (secondary N) is 2. The molecule has 1 amide bonds. The van der Waals surface area contributed by atoms with E-state index in [-0.39, 0.29) is 16.3 Å². The van der Waals surface area contributed by atoms with Crippen LogP contribution in [0, 0.1) is 13.8 Å². The van der Waals surface area contributed by atoms with Crippen molar-refractivity contribution >= 4 is 39.2 Å².